The monoisotopic (exact) mass is 831 g/mol. The second kappa shape index (κ2) is 14.9. The first-order valence-corrected chi connectivity index (χ1v) is 21.4. The van der Waals surface area contributed by atoms with Gasteiger partial charge in [0.15, 0.2) is 0 Å². The molecule has 4 fully saturated rings. The van der Waals surface area contributed by atoms with Gasteiger partial charge in [-0.2, -0.15) is 5.26 Å². The fraction of sp³-hybridized carbons (Fsp3) is 0.478. The van der Waals surface area contributed by atoms with E-state index in [0.717, 1.165) is 86.1 Å². The van der Waals surface area contributed by atoms with E-state index in [1.165, 1.54) is 0 Å². The highest BCUT2D eigenvalue weighted by atomic mass is 35.5. The number of amides is 5. The average molecular weight is 832 g/mol. The molecule has 9 rings (SSSR count). The smallest absolute Gasteiger partial charge is 0.262 e. The standard InChI is InChI=1S/C46H50ClN7O6/c1-45(2)43(46(3,4)44(45)60-32-8-5-28(24-48)36(47)23-32)53-26-29-21-30(6-9-33(29)40(53)57)52-19-17-50(18-20-52)25-27-13-15-51(16-14-27)31-7-10-34-35(22-31)42(59)54(41(34)58)37-11-12-38(55)49-39(37)56/h5-10,21-23,27,37,43-44H,11-20,25-26H2,1-4H3,(H,49,55,56). The lowest BCUT2D eigenvalue weighted by Crippen LogP contribution is -2.74. The number of ether oxygens (including phenoxy) is 1. The quantitative estimate of drug-likeness (QED) is 0.290. The number of nitriles is 1. The molecule has 6 aliphatic rings. The first kappa shape index (κ1) is 40.0. The molecule has 1 N–H and O–H groups in total. The zero-order valence-corrected chi connectivity index (χ0v) is 35.3. The van der Waals surface area contributed by atoms with Crippen LogP contribution in [-0.2, 0) is 16.1 Å². The number of anilines is 2. The van der Waals surface area contributed by atoms with Crippen molar-refractivity contribution in [2.45, 2.75) is 78.1 Å². The summed E-state index contributed by atoms with van der Waals surface area (Å²) >= 11 is 6.31. The number of halogens is 1. The topological polar surface area (TPSA) is 147 Å². The van der Waals surface area contributed by atoms with E-state index >= 15 is 0 Å². The zero-order valence-electron chi connectivity index (χ0n) is 34.5. The average Bonchev–Trinajstić information content (AvgIpc) is 3.67. The molecule has 1 unspecified atom stereocenters. The van der Waals surface area contributed by atoms with Gasteiger partial charge in [0.05, 0.1) is 21.7 Å². The lowest BCUT2D eigenvalue weighted by molar-refractivity contribution is -0.199. The Morgan fingerprint density at radius 3 is 2.08 bits per heavy atom. The van der Waals surface area contributed by atoms with Crippen LogP contribution in [-0.4, -0.2) is 108 Å². The van der Waals surface area contributed by atoms with Crippen molar-refractivity contribution in [1.29, 1.82) is 5.26 Å². The summed E-state index contributed by atoms with van der Waals surface area (Å²) in [5, 5.41) is 11.9. The maximum atomic E-state index is 13.9. The van der Waals surface area contributed by atoms with Crippen LogP contribution in [0.2, 0.25) is 5.02 Å². The van der Waals surface area contributed by atoms with Gasteiger partial charge in [-0.05, 0) is 79.3 Å². The third kappa shape index (κ3) is 6.68. The van der Waals surface area contributed by atoms with Crippen LogP contribution in [0.5, 0.6) is 5.75 Å². The Balaban J connectivity index is 0.766. The fourth-order valence-corrected chi connectivity index (χ4v) is 11.5. The molecule has 1 aliphatic carbocycles. The summed E-state index contributed by atoms with van der Waals surface area (Å²) in [6.45, 7) is 15.7. The van der Waals surface area contributed by atoms with Crippen LogP contribution in [0, 0.1) is 28.1 Å². The summed E-state index contributed by atoms with van der Waals surface area (Å²) in [7, 11) is 0. The van der Waals surface area contributed by atoms with E-state index in [2.05, 4.69) is 65.9 Å². The van der Waals surface area contributed by atoms with Gasteiger partial charge in [0.25, 0.3) is 17.7 Å². The summed E-state index contributed by atoms with van der Waals surface area (Å²) in [6.07, 6.45) is 2.11. The van der Waals surface area contributed by atoms with Crippen molar-refractivity contribution in [2.75, 3.05) is 55.6 Å². The molecule has 0 bridgehead atoms. The molecule has 1 atom stereocenters. The number of piperazine rings is 1. The summed E-state index contributed by atoms with van der Waals surface area (Å²) < 4.78 is 6.50. The van der Waals surface area contributed by atoms with Gasteiger partial charge in [-0.3, -0.25) is 39.1 Å². The molecule has 14 heteroatoms. The van der Waals surface area contributed by atoms with Crippen LogP contribution in [0.15, 0.2) is 54.6 Å². The van der Waals surface area contributed by atoms with Crippen molar-refractivity contribution < 1.29 is 28.7 Å². The van der Waals surface area contributed by atoms with Crippen molar-refractivity contribution in [2.24, 2.45) is 16.7 Å². The summed E-state index contributed by atoms with van der Waals surface area (Å²) in [4.78, 5) is 74.9. The summed E-state index contributed by atoms with van der Waals surface area (Å²) in [5.41, 5.74) is 4.24. The lowest BCUT2D eigenvalue weighted by Gasteiger charge is -2.65. The number of hydrogen-bond acceptors (Lipinski definition) is 10. The van der Waals surface area contributed by atoms with E-state index in [0.29, 0.717) is 39.9 Å². The molecule has 60 heavy (non-hydrogen) atoms. The number of nitrogens with one attached hydrogen (secondary N) is 1. The third-order valence-electron chi connectivity index (χ3n) is 14.0. The molecule has 0 aromatic heterocycles. The SMILES string of the molecule is CC1(C)C(Oc2ccc(C#N)c(Cl)c2)C(C)(C)C1N1Cc2cc(N3CCN(CC4CCN(c5ccc6c(c5)C(=O)N(C5CCC(=O)NC5=O)C6=O)CC4)CC3)ccc2C1=O. The number of fused-ring (bicyclic) bond motifs is 2. The Hall–Kier alpha value is -5.45. The predicted molar refractivity (Wildman–Crippen MR) is 225 cm³/mol. The van der Waals surface area contributed by atoms with Crippen LogP contribution >= 0.6 is 11.6 Å². The minimum Gasteiger partial charge on any atom is -0.489 e. The van der Waals surface area contributed by atoms with Crippen molar-refractivity contribution in [3.8, 4) is 11.8 Å². The first-order valence-electron chi connectivity index (χ1n) is 21.0. The fourth-order valence-electron chi connectivity index (χ4n) is 11.3. The first-order chi connectivity index (χ1) is 28.6. The number of hydrogen-bond donors (Lipinski definition) is 1. The van der Waals surface area contributed by atoms with Gasteiger partial charge in [0, 0.05) is 98.7 Å². The van der Waals surface area contributed by atoms with Crippen molar-refractivity contribution >= 4 is 52.5 Å². The van der Waals surface area contributed by atoms with Crippen LogP contribution in [0.3, 0.4) is 0 Å². The highest BCUT2D eigenvalue weighted by Gasteiger charge is 2.67. The minimum atomic E-state index is -0.973. The van der Waals surface area contributed by atoms with E-state index < -0.39 is 29.7 Å². The Morgan fingerprint density at radius 2 is 1.42 bits per heavy atom. The molecular weight excluding hydrogens is 782 g/mol. The lowest BCUT2D eigenvalue weighted by atomic mass is 9.49. The molecule has 3 aromatic rings. The zero-order chi connectivity index (χ0) is 42.2. The number of rotatable bonds is 8. The molecule has 312 valence electrons. The van der Waals surface area contributed by atoms with Gasteiger partial charge >= 0.3 is 0 Å². The number of piperidine rings is 2. The van der Waals surface area contributed by atoms with E-state index in [-0.39, 0.29) is 41.7 Å². The van der Waals surface area contributed by atoms with E-state index in [1.807, 2.05) is 17.0 Å². The Labute approximate surface area is 355 Å². The van der Waals surface area contributed by atoms with Gasteiger partial charge < -0.3 is 19.4 Å². The second-order valence-corrected chi connectivity index (χ2v) is 18.9. The van der Waals surface area contributed by atoms with Gasteiger partial charge in [0.2, 0.25) is 11.8 Å². The van der Waals surface area contributed by atoms with Crippen molar-refractivity contribution in [3.63, 3.8) is 0 Å². The normalized spacial score (nSPS) is 25.2. The third-order valence-corrected chi connectivity index (χ3v) is 14.3. The van der Waals surface area contributed by atoms with Crippen LogP contribution in [0.25, 0.3) is 0 Å². The van der Waals surface area contributed by atoms with Crippen LogP contribution < -0.4 is 19.9 Å². The van der Waals surface area contributed by atoms with Gasteiger partial charge in [-0.1, -0.05) is 39.3 Å². The molecule has 13 nitrogen and oxygen atoms in total. The molecule has 5 aliphatic heterocycles. The van der Waals surface area contributed by atoms with E-state index in [1.54, 1.807) is 30.3 Å². The van der Waals surface area contributed by atoms with Crippen molar-refractivity contribution in [1.82, 2.24) is 20.0 Å². The molecule has 1 saturated carbocycles. The van der Waals surface area contributed by atoms with Crippen LogP contribution in [0.4, 0.5) is 11.4 Å². The second-order valence-electron chi connectivity index (χ2n) is 18.5. The van der Waals surface area contributed by atoms with Gasteiger partial charge in [-0.25, -0.2) is 0 Å². The number of imide groups is 2. The number of nitrogens with zero attached hydrogens (tertiary/aromatic N) is 6. The van der Waals surface area contributed by atoms with Crippen LogP contribution in [0.1, 0.15) is 95.6 Å². The molecule has 3 aromatic carbocycles. The molecule has 0 spiro atoms. The van der Waals surface area contributed by atoms with E-state index in [9.17, 15) is 29.2 Å². The maximum Gasteiger partial charge on any atom is 0.262 e. The Bertz CT molecular complexity index is 2340. The van der Waals surface area contributed by atoms with Gasteiger partial charge in [0.1, 0.15) is 24.0 Å². The predicted octanol–water partition coefficient (Wildman–Crippen LogP) is 5.49. The summed E-state index contributed by atoms with van der Waals surface area (Å²) in [5.74, 6) is -0.731. The Morgan fingerprint density at radius 1 is 0.767 bits per heavy atom. The van der Waals surface area contributed by atoms with Crippen molar-refractivity contribution in [3.05, 3.63) is 87.4 Å². The van der Waals surface area contributed by atoms with E-state index in [4.69, 9.17) is 16.3 Å². The maximum absolute atomic E-state index is 13.9. The number of carbonyl (C=O) groups excluding carboxylic acids is 5. The Kier molecular flexibility index (Phi) is 9.94. The molecule has 3 saturated heterocycles. The molecule has 5 amide bonds. The molecule has 0 radical (unpaired) electrons. The van der Waals surface area contributed by atoms with Gasteiger partial charge in [-0.15, -0.1) is 0 Å². The molecular formula is C46H50ClN7O6. The highest BCUT2D eigenvalue weighted by Crippen LogP contribution is 2.59. The molecule has 5 heterocycles. The highest BCUT2D eigenvalue weighted by molar-refractivity contribution is 6.31. The number of carbonyl (C=O) groups is 5. The number of benzene rings is 3. The summed E-state index contributed by atoms with van der Waals surface area (Å²) in [6, 6.07) is 17.9. The largest absolute Gasteiger partial charge is 0.489 e. The minimum absolute atomic E-state index is 0.0382.